The third-order valence-electron chi connectivity index (χ3n) is 2.72. The number of carbonyl (C=O) groups is 1. The van der Waals surface area contributed by atoms with E-state index in [0.717, 1.165) is 6.42 Å². The van der Waals surface area contributed by atoms with Gasteiger partial charge in [0.05, 0.1) is 7.11 Å². The first kappa shape index (κ1) is 14.0. The molecule has 0 bridgehead atoms. The second kappa shape index (κ2) is 5.68. The Morgan fingerprint density at radius 2 is 2.25 bits per heavy atom. The molecule has 1 aromatic carbocycles. The highest BCUT2D eigenvalue weighted by atomic mass is 19.1. The zero-order valence-electron chi connectivity index (χ0n) is 11.1. The molecule has 0 fully saturated rings. The number of methoxy groups -OCH3 is 1. The van der Waals surface area contributed by atoms with Crippen LogP contribution in [0, 0.1) is 5.82 Å². The first-order valence-corrected chi connectivity index (χ1v) is 6.10. The number of aromatic carboxylic acids is 1. The van der Waals surface area contributed by atoms with Crippen molar-refractivity contribution in [2.24, 2.45) is 0 Å². The van der Waals surface area contributed by atoms with E-state index in [2.05, 4.69) is 10.1 Å². The van der Waals surface area contributed by atoms with Crippen LogP contribution < -0.4 is 4.74 Å². The summed E-state index contributed by atoms with van der Waals surface area (Å²) in [5.41, 5.74) is 0.118. The number of aromatic nitrogens is 3. The summed E-state index contributed by atoms with van der Waals surface area (Å²) in [4.78, 5) is 14.9. The van der Waals surface area contributed by atoms with Gasteiger partial charge in [-0.1, -0.05) is 6.92 Å². The lowest BCUT2D eigenvalue weighted by molar-refractivity contribution is 0.0683. The Balaban J connectivity index is 2.58. The highest BCUT2D eigenvalue weighted by Crippen LogP contribution is 2.21. The average molecular weight is 279 g/mol. The number of carboxylic acids is 1. The minimum atomic E-state index is -1.25. The highest BCUT2D eigenvalue weighted by molar-refractivity contribution is 5.83. The van der Waals surface area contributed by atoms with E-state index < -0.39 is 11.8 Å². The third-order valence-corrected chi connectivity index (χ3v) is 2.72. The number of halogens is 1. The standard InChI is InChI=1S/C13H14FN3O3/c1-3-4-11-15-12(13(18)19)16-17(11)10-7-8(20-2)5-6-9(10)14/h5-7H,3-4H2,1-2H3,(H,18,19). The number of hydrogen-bond acceptors (Lipinski definition) is 4. The van der Waals surface area contributed by atoms with Crippen molar-refractivity contribution in [2.45, 2.75) is 19.8 Å². The SMILES string of the molecule is CCCc1nc(C(=O)O)nn1-c1cc(OC)ccc1F. The van der Waals surface area contributed by atoms with Crippen LogP contribution >= 0.6 is 0 Å². The van der Waals surface area contributed by atoms with E-state index >= 15 is 0 Å². The Hall–Kier alpha value is -2.44. The quantitative estimate of drug-likeness (QED) is 0.906. The number of carboxylic acid groups (broad SMARTS) is 1. The van der Waals surface area contributed by atoms with Crippen molar-refractivity contribution in [2.75, 3.05) is 7.11 Å². The van der Waals surface area contributed by atoms with Crippen molar-refractivity contribution >= 4 is 5.97 Å². The van der Waals surface area contributed by atoms with Crippen molar-refractivity contribution in [3.05, 3.63) is 35.7 Å². The largest absolute Gasteiger partial charge is 0.497 e. The zero-order chi connectivity index (χ0) is 14.7. The molecule has 1 aromatic heterocycles. The van der Waals surface area contributed by atoms with Gasteiger partial charge in [-0.3, -0.25) is 0 Å². The van der Waals surface area contributed by atoms with Gasteiger partial charge in [0.15, 0.2) is 0 Å². The van der Waals surface area contributed by atoms with E-state index in [1.807, 2.05) is 6.92 Å². The van der Waals surface area contributed by atoms with Gasteiger partial charge in [-0.2, -0.15) is 0 Å². The van der Waals surface area contributed by atoms with E-state index in [9.17, 15) is 9.18 Å². The van der Waals surface area contributed by atoms with E-state index in [1.165, 1.54) is 30.0 Å². The Kier molecular flexibility index (Phi) is 3.97. The normalized spacial score (nSPS) is 10.6. The van der Waals surface area contributed by atoms with Crippen LogP contribution in [0.5, 0.6) is 5.75 Å². The minimum absolute atomic E-state index is 0.118. The number of ether oxygens (including phenoxy) is 1. The van der Waals surface area contributed by atoms with Crippen LogP contribution in [0.1, 0.15) is 29.8 Å². The molecule has 2 aromatic rings. The number of hydrogen-bond donors (Lipinski definition) is 1. The Morgan fingerprint density at radius 1 is 1.50 bits per heavy atom. The molecule has 0 saturated carbocycles. The molecule has 0 radical (unpaired) electrons. The second-order valence-corrected chi connectivity index (χ2v) is 4.14. The summed E-state index contributed by atoms with van der Waals surface area (Å²) < 4.78 is 20.2. The first-order valence-electron chi connectivity index (χ1n) is 6.10. The zero-order valence-corrected chi connectivity index (χ0v) is 11.1. The summed E-state index contributed by atoms with van der Waals surface area (Å²) in [5.74, 6) is -1.27. The van der Waals surface area contributed by atoms with Crippen LogP contribution in [0.15, 0.2) is 18.2 Å². The van der Waals surface area contributed by atoms with Gasteiger partial charge in [0.2, 0.25) is 0 Å². The van der Waals surface area contributed by atoms with Crippen LogP contribution in [0.25, 0.3) is 5.69 Å². The molecule has 1 heterocycles. The fraction of sp³-hybridized carbons (Fsp3) is 0.308. The highest BCUT2D eigenvalue weighted by Gasteiger charge is 2.18. The molecule has 0 saturated heterocycles. The van der Waals surface area contributed by atoms with E-state index in [0.29, 0.717) is 18.0 Å². The summed E-state index contributed by atoms with van der Waals surface area (Å²) in [6.45, 7) is 1.92. The van der Waals surface area contributed by atoms with Crippen LogP contribution in [-0.2, 0) is 6.42 Å². The number of aryl methyl sites for hydroxylation is 1. The lowest BCUT2D eigenvalue weighted by atomic mass is 10.2. The molecule has 6 nitrogen and oxygen atoms in total. The smallest absolute Gasteiger partial charge is 0.375 e. The molecule has 0 amide bonds. The second-order valence-electron chi connectivity index (χ2n) is 4.14. The minimum Gasteiger partial charge on any atom is -0.497 e. The van der Waals surface area contributed by atoms with Gasteiger partial charge in [0.25, 0.3) is 5.82 Å². The van der Waals surface area contributed by atoms with Gasteiger partial charge in [-0.05, 0) is 18.6 Å². The molecule has 1 N–H and O–H groups in total. The van der Waals surface area contributed by atoms with E-state index in [4.69, 9.17) is 9.84 Å². The molecule has 0 aliphatic carbocycles. The summed E-state index contributed by atoms with van der Waals surface area (Å²) in [6, 6.07) is 4.17. The topological polar surface area (TPSA) is 77.2 Å². The van der Waals surface area contributed by atoms with Gasteiger partial charge in [-0.15, -0.1) is 5.10 Å². The summed E-state index contributed by atoms with van der Waals surface area (Å²) >= 11 is 0. The van der Waals surface area contributed by atoms with Crippen LogP contribution in [0.3, 0.4) is 0 Å². The van der Waals surface area contributed by atoms with Gasteiger partial charge >= 0.3 is 5.97 Å². The van der Waals surface area contributed by atoms with Gasteiger partial charge < -0.3 is 9.84 Å². The fourth-order valence-electron chi connectivity index (χ4n) is 1.80. The Labute approximate surface area is 114 Å². The predicted molar refractivity (Wildman–Crippen MR) is 68.8 cm³/mol. The molecule has 0 aliphatic rings. The van der Waals surface area contributed by atoms with Crippen molar-refractivity contribution < 1.29 is 19.0 Å². The maximum absolute atomic E-state index is 13.9. The summed E-state index contributed by atoms with van der Waals surface area (Å²) in [5, 5.41) is 12.8. The Morgan fingerprint density at radius 3 is 2.85 bits per heavy atom. The fourth-order valence-corrected chi connectivity index (χ4v) is 1.80. The van der Waals surface area contributed by atoms with Crippen LogP contribution in [-0.4, -0.2) is 33.0 Å². The predicted octanol–water partition coefficient (Wildman–Crippen LogP) is 2.07. The Bertz CT molecular complexity index is 640. The maximum Gasteiger partial charge on any atom is 0.375 e. The molecule has 7 heteroatoms. The molecule has 0 spiro atoms. The lowest BCUT2D eigenvalue weighted by Gasteiger charge is -2.08. The molecule has 20 heavy (non-hydrogen) atoms. The van der Waals surface area contributed by atoms with Gasteiger partial charge in [0.1, 0.15) is 23.1 Å². The monoisotopic (exact) mass is 279 g/mol. The summed E-state index contributed by atoms with van der Waals surface area (Å²) in [6.07, 6.45) is 1.24. The third kappa shape index (κ3) is 2.61. The molecular weight excluding hydrogens is 265 g/mol. The average Bonchev–Trinajstić information content (AvgIpc) is 2.84. The lowest BCUT2D eigenvalue weighted by Crippen LogP contribution is -2.06. The molecule has 0 unspecified atom stereocenters. The van der Waals surface area contributed by atoms with Crippen LogP contribution in [0.2, 0.25) is 0 Å². The molecule has 106 valence electrons. The van der Waals surface area contributed by atoms with Gasteiger partial charge in [0, 0.05) is 12.5 Å². The number of nitrogens with zero attached hydrogens (tertiary/aromatic N) is 3. The van der Waals surface area contributed by atoms with Crippen molar-refractivity contribution in [1.82, 2.24) is 14.8 Å². The van der Waals surface area contributed by atoms with Crippen LogP contribution in [0.4, 0.5) is 4.39 Å². The maximum atomic E-state index is 13.9. The van der Waals surface area contributed by atoms with Crippen molar-refractivity contribution in [1.29, 1.82) is 0 Å². The molecule has 0 atom stereocenters. The van der Waals surface area contributed by atoms with Gasteiger partial charge in [-0.25, -0.2) is 18.9 Å². The molecule has 0 aliphatic heterocycles. The summed E-state index contributed by atoms with van der Waals surface area (Å²) in [7, 11) is 1.47. The molecular formula is C13H14FN3O3. The number of rotatable bonds is 5. The van der Waals surface area contributed by atoms with E-state index in [-0.39, 0.29) is 11.5 Å². The van der Waals surface area contributed by atoms with Crippen molar-refractivity contribution in [3.63, 3.8) is 0 Å². The first-order chi connectivity index (χ1) is 9.56. The molecule has 2 rings (SSSR count). The number of benzene rings is 1. The van der Waals surface area contributed by atoms with Crippen molar-refractivity contribution in [3.8, 4) is 11.4 Å². The van der Waals surface area contributed by atoms with E-state index in [1.54, 1.807) is 0 Å².